The molecule has 8 nitrogen and oxygen atoms in total. The average molecular weight is 294 g/mol. The van der Waals surface area contributed by atoms with Crippen molar-refractivity contribution in [1.29, 1.82) is 0 Å². The molecule has 0 fully saturated rings. The van der Waals surface area contributed by atoms with E-state index in [-0.39, 0.29) is 24.8 Å². The van der Waals surface area contributed by atoms with Gasteiger partial charge in [0.25, 0.3) is 11.8 Å². The van der Waals surface area contributed by atoms with Gasteiger partial charge in [0.2, 0.25) is 0 Å². The summed E-state index contributed by atoms with van der Waals surface area (Å²) in [6, 6.07) is -0.893. The van der Waals surface area contributed by atoms with Gasteiger partial charge in [-0.1, -0.05) is 0 Å². The van der Waals surface area contributed by atoms with Gasteiger partial charge in [-0.05, 0) is 6.92 Å². The molecule has 0 radical (unpaired) electrons. The molecule has 2 rings (SSSR count). The topological polar surface area (TPSA) is 84.7 Å². The van der Waals surface area contributed by atoms with Crippen LogP contribution in [0.15, 0.2) is 6.33 Å². The number of carbonyl (C=O) groups is 3. The van der Waals surface area contributed by atoms with Crippen LogP contribution in [0.2, 0.25) is 0 Å². The van der Waals surface area contributed by atoms with Crippen molar-refractivity contribution in [2.75, 3.05) is 25.6 Å². The molecule has 1 aliphatic heterocycles. The minimum absolute atomic E-state index is 0.173. The third-order valence-electron chi connectivity index (χ3n) is 3.51. The number of aryl methyl sites for hydroxylation is 1. The normalized spacial score (nSPS) is 18.6. The maximum Gasteiger partial charge on any atom is 0.308 e. The highest BCUT2D eigenvalue weighted by atomic mass is 16.5. The van der Waals surface area contributed by atoms with E-state index in [2.05, 4.69) is 4.98 Å². The molecule has 0 saturated heterocycles. The van der Waals surface area contributed by atoms with Gasteiger partial charge in [0.1, 0.15) is 6.04 Å². The second-order valence-electron chi connectivity index (χ2n) is 4.87. The van der Waals surface area contributed by atoms with Crippen LogP contribution in [0.1, 0.15) is 23.8 Å². The Morgan fingerprint density at radius 2 is 2.00 bits per heavy atom. The Balaban J connectivity index is 2.37. The summed E-state index contributed by atoms with van der Waals surface area (Å²) in [5, 5.41) is 0. The van der Waals surface area contributed by atoms with Crippen LogP contribution in [-0.2, 0) is 21.4 Å². The molecule has 1 unspecified atom stereocenters. The number of hydrogen-bond acceptors (Lipinski definition) is 5. The molecule has 0 bridgehead atoms. The quantitative estimate of drug-likeness (QED) is 0.720. The molecule has 114 valence electrons. The van der Waals surface area contributed by atoms with Gasteiger partial charge >= 0.3 is 5.97 Å². The molecular weight excluding hydrogens is 276 g/mol. The summed E-state index contributed by atoms with van der Waals surface area (Å²) in [5.41, 5.74) is 0.319. The number of fused-ring (bicyclic) bond motifs is 1. The molecule has 1 atom stereocenters. The van der Waals surface area contributed by atoms with E-state index in [9.17, 15) is 14.4 Å². The van der Waals surface area contributed by atoms with E-state index in [1.807, 2.05) is 0 Å². The number of ether oxygens (including phenoxy) is 1. The van der Waals surface area contributed by atoms with Gasteiger partial charge in [0.05, 0.1) is 19.4 Å². The lowest BCUT2D eigenvalue weighted by Crippen LogP contribution is -2.47. The summed E-state index contributed by atoms with van der Waals surface area (Å²) in [7, 11) is 4.72. The Labute approximate surface area is 122 Å². The van der Waals surface area contributed by atoms with Crippen LogP contribution < -0.4 is 4.90 Å². The second-order valence-corrected chi connectivity index (χ2v) is 4.87. The number of imidazole rings is 1. The maximum atomic E-state index is 12.5. The molecule has 0 saturated carbocycles. The number of hydrogen-bond donors (Lipinski definition) is 0. The predicted octanol–water partition coefficient (Wildman–Crippen LogP) is -0.210. The first-order valence-electron chi connectivity index (χ1n) is 6.60. The minimum atomic E-state index is -0.893. The van der Waals surface area contributed by atoms with E-state index in [4.69, 9.17) is 4.74 Å². The SMILES string of the molecule is CCOC(=O)CC1C(=O)N(C)c2ncn(C)c2C(=O)N1C. The maximum absolute atomic E-state index is 12.5. The Morgan fingerprint density at radius 3 is 2.62 bits per heavy atom. The smallest absolute Gasteiger partial charge is 0.308 e. The lowest BCUT2D eigenvalue weighted by molar-refractivity contribution is -0.146. The standard InChI is InChI=1S/C13H18N4O4/c1-5-21-9(18)6-8-12(19)17(4)11-10(13(20)16(8)3)15(2)7-14-11/h7-8H,5-6H2,1-4H3. The van der Waals surface area contributed by atoms with Gasteiger partial charge in [0, 0.05) is 21.1 Å². The van der Waals surface area contributed by atoms with Crippen molar-refractivity contribution < 1.29 is 19.1 Å². The van der Waals surface area contributed by atoms with Gasteiger partial charge in [-0.25, -0.2) is 4.98 Å². The summed E-state index contributed by atoms with van der Waals surface area (Å²) in [6.07, 6.45) is 1.30. The summed E-state index contributed by atoms with van der Waals surface area (Å²) >= 11 is 0. The number of carbonyl (C=O) groups excluding carboxylic acids is 3. The highest BCUT2D eigenvalue weighted by Crippen LogP contribution is 2.25. The first-order chi connectivity index (χ1) is 9.88. The number of likely N-dealkylation sites (N-methyl/N-ethyl adjacent to an activating group) is 2. The van der Waals surface area contributed by atoms with Crippen LogP contribution in [0.25, 0.3) is 0 Å². The van der Waals surface area contributed by atoms with Crippen LogP contribution >= 0.6 is 0 Å². The molecular formula is C13H18N4O4. The summed E-state index contributed by atoms with van der Waals surface area (Å²) in [4.78, 5) is 43.3. The van der Waals surface area contributed by atoms with Crippen LogP contribution in [0, 0.1) is 0 Å². The predicted molar refractivity (Wildman–Crippen MR) is 73.7 cm³/mol. The van der Waals surface area contributed by atoms with Crippen LogP contribution in [-0.4, -0.2) is 59.0 Å². The molecule has 2 heterocycles. The lowest BCUT2D eigenvalue weighted by Gasteiger charge is -2.25. The zero-order valence-corrected chi connectivity index (χ0v) is 12.5. The Kier molecular flexibility index (Phi) is 3.97. The molecule has 8 heteroatoms. The number of aromatic nitrogens is 2. The van der Waals surface area contributed by atoms with Gasteiger partial charge in [-0.3, -0.25) is 19.3 Å². The fourth-order valence-electron chi connectivity index (χ4n) is 2.31. The summed E-state index contributed by atoms with van der Waals surface area (Å²) in [5.74, 6) is -0.929. The van der Waals surface area contributed by atoms with E-state index < -0.39 is 12.0 Å². The molecule has 0 aliphatic carbocycles. The third-order valence-corrected chi connectivity index (χ3v) is 3.51. The van der Waals surface area contributed by atoms with Crippen LogP contribution in [0.4, 0.5) is 5.82 Å². The van der Waals surface area contributed by atoms with E-state index in [1.165, 1.54) is 23.2 Å². The monoisotopic (exact) mass is 294 g/mol. The molecule has 2 amide bonds. The zero-order valence-electron chi connectivity index (χ0n) is 12.5. The molecule has 1 aromatic heterocycles. The first kappa shape index (κ1) is 15.0. The van der Waals surface area contributed by atoms with Crippen molar-refractivity contribution in [3.05, 3.63) is 12.0 Å². The van der Waals surface area contributed by atoms with Crippen molar-refractivity contribution in [3.8, 4) is 0 Å². The van der Waals surface area contributed by atoms with E-state index in [0.717, 1.165) is 0 Å². The molecule has 1 aromatic rings. The van der Waals surface area contributed by atoms with Gasteiger partial charge in [-0.15, -0.1) is 0 Å². The largest absolute Gasteiger partial charge is 0.466 e. The fraction of sp³-hybridized carbons (Fsp3) is 0.538. The second kappa shape index (κ2) is 5.55. The number of esters is 1. The molecule has 21 heavy (non-hydrogen) atoms. The van der Waals surface area contributed by atoms with E-state index >= 15 is 0 Å². The van der Waals surface area contributed by atoms with E-state index in [0.29, 0.717) is 11.5 Å². The summed E-state index contributed by atoms with van der Waals surface area (Å²) < 4.78 is 6.43. The van der Waals surface area contributed by atoms with Crippen molar-refractivity contribution in [2.45, 2.75) is 19.4 Å². The molecule has 1 aliphatic rings. The van der Waals surface area contributed by atoms with Gasteiger partial charge in [0.15, 0.2) is 11.5 Å². The highest BCUT2D eigenvalue weighted by molar-refractivity contribution is 6.09. The lowest BCUT2D eigenvalue weighted by atomic mass is 10.1. The Hall–Kier alpha value is -2.38. The van der Waals surface area contributed by atoms with Gasteiger partial charge in [-0.2, -0.15) is 0 Å². The number of rotatable bonds is 3. The van der Waals surface area contributed by atoms with E-state index in [1.54, 1.807) is 25.6 Å². The third kappa shape index (κ3) is 2.48. The average Bonchev–Trinajstić information content (AvgIpc) is 2.81. The first-order valence-corrected chi connectivity index (χ1v) is 6.60. The van der Waals surface area contributed by atoms with Crippen molar-refractivity contribution in [2.24, 2.45) is 7.05 Å². The van der Waals surface area contributed by atoms with Crippen molar-refractivity contribution in [1.82, 2.24) is 14.5 Å². The highest BCUT2D eigenvalue weighted by Gasteiger charge is 2.39. The summed E-state index contributed by atoms with van der Waals surface area (Å²) in [6.45, 7) is 1.92. The van der Waals surface area contributed by atoms with Crippen molar-refractivity contribution in [3.63, 3.8) is 0 Å². The van der Waals surface area contributed by atoms with Crippen LogP contribution in [0.3, 0.4) is 0 Å². The van der Waals surface area contributed by atoms with Crippen molar-refractivity contribution >= 4 is 23.6 Å². The minimum Gasteiger partial charge on any atom is -0.466 e. The molecule has 0 N–H and O–H groups in total. The number of anilines is 1. The Bertz CT molecular complexity index is 595. The van der Waals surface area contributed by atoms with Crippen LogP contribution in [0.5, 0.6) is 0 Å². The Morgan fingerprint density at radius 1 is 1.33 bits per heavy atom. The number of amides is 2. The molecule has 0 spiro atoms. The van der Waals surface area contributed by atoms with Gasteiger partial charge < -0.3 is 14.2 Å². The molecule has 0 aromatic carbocycles. The zero-order chi connectivity index (χ0) is 15.7. The number of nitrogens with zero attached hydrogens (tertiary/aromatic N) is 4. The fourth-order valence-corrected chi connectivity index (χ4v) is 2.31.